The van der Waals surface area contributed by atoms with Gasteiger partial charge in [0.25, 0.3) is 0 Å². The predicted octanol–water partition coefficient (Wildman–Crippen LogP) is 2.42. The van der Waals surface area contributed by atoms with Crippen molar-refractivity contribution in [2.75, 3.05) is 0 Å². The van der Waals surface area contributed by atoms with Crippen LogP contribution in [0.3, 0.4) is 0 Å². The molecule has 56 valence electrons. The highest BCUT2D eigenvalue weighted by Crippen LogP contribution is 2.24. The van der Waals surface area contributed by atoms with Crippen molar-refractivity contribution in [3.8, 4) is 6.19 Å². The largest absolute Gasteiger partial charge is 0.206 e. The molecule has 0 radical (unpaired) electrons. The lowest BCUT2D eigenvalue weighted by Gasteiger charge is -2.15. The van der Waals surface area contributed by atoms with Gasteiger partial charge in [0, 0.05) is 4.75 Å². The number of hydrogen-bond donors (Lipinski definition) is 0. The van der Waals surface area contributed by atoms with E-state index in [0.29, 0.717) is 0 Å². The van der Waals surface area contributed by atoms with Gasteiger partial charge in [-0.05, 0) is 6.92 Å². The molecule has 0 N–H and O–H groups in total. The molecule has 0 aliphatic carbocycles. The van der Waals surface area contributed by atoms with Crippen molar-refractivity contribution in [3.05, 3.63) is 0 Å². The van der Waals surface area contributed by atoms with Crippen molar-refractivity contribution in [3.63, 3.8) is 0 Å². The van der Waals surface area contributed by atoms with E-state index in [1.54, 1.807) is 18.0 Å². The molecule has 0 aliphatic rings. The highest BCUT2D eigenvalue weighted by Gasteiger charge is 2.11. The molecular formula is C7H12N2S. The van der Waals surface area contributed by atoms with E-state index in [2.05, 4.69) is 25.8 Å². The topological polar surface area (TPSA) is 36.1 Å². The van der Waals surface area contributed by atoms with Gasteiger partial charge >= 0.3 is 0 Å². The summed E-state index contributed by atoms with van der Waals surface area (Å²) in [5.41, 5.74) is 0. The Hall–Kier alpha value is -0.490. The summed E-state index contributed by atoms with van der Waals surface area (Å²) in [6.45, 7) is 8.12. The maximum atomic E-state index is 8.18. The summed E-state index contributed by atoms with van der Waals surface area (Å²) in [4.78, 5) is 3.60. The molecule has 3 heteroatoms. The van der Waals surface area contributed by atoms with Gasteiger partial charge in [-0.15, -0.1) is 11.8 Å². The fourth-order valence-electron chi connectivity index (χ4n) is 0.536. The molecule has 0 aromatic rings. The van der Waals surface area contributed by atoms with E-state index in [-0.39, 0.29) is 4.75 Å². The summed E-state index contributed by atoms with van der Waals surface area (Å²) in [7, 11) is 0. The second kappa shape index (κ2) is 3.62. The maximum Gasteiger partial charge on any atom is 0.206 e. The van der Waals surface area contributed by atoms with Crippen molar-refractivity contribution >= 4 is 16.8 Å². The minimum Gasteiger partial charge on any atom is -0.172 e. The zero-order valence-electron chi connectivity index (χ0n) is 6.80. The summed E-state index contributed by atoms with van der Waals surface area (Å²) >= 11 is 1.61. The van der Waals surface area contributed by atoms with Crippen LogP contribution in [0.4, 0.5) is 0 Å². The first-order chi connectivity index (χ1) is 4.45. The van der Waals surface area contributed by atoms with Gasteiger partial charge in [0.15, 0.2) is 0 Å². The Balaban J connectivity index is 3.95. The van der Waals surface area contributed by atoms with Crippen molar-refractivity contribution < 1.29 is 0 Å². The Morgan fingerprint density at radius 1 is 1.50 bits per heavy atom. The number of thioether (sulfide) groups is 1. The first-order valence-electron chi connectivity index (χ1n) is 3.08. The monoisotopic (exact) mass is 156 g/mol. The molecule has 0 rings (SSSR count). The third-order valence-corrected chi connectivity index (χ3v) is 1.66. The Kier molecular flexibility index (Phi) is 3.45. The van der Waals surface area contributed by atoms with Crippen molar-refractivity contribution in [1.82, 2.24) is 0 Å². The smallest absolute Gasteiger partial charge is 0.172 e. The number of aliphatic imine (C=N–C) groups is 1. The van der Waals surface area contributed by atoms with Gasteiger partial charge in [-0.3, -0.25) is 0 Å². The van der Waals surface area contributed by atoms with Gasteiger partial charge in [0.2, 0.25) is 6.19 Å². The highest BCUT2D eigenvalue weighted by molar-refractivity contribution is 8.15. The SMILES string of the molecule is CC(=NC#N)SC(C)(C)C. The average Bonchev–Trinajstić information content (AvgIpc) is 1.59. The van der Waals surface area contributed by atoms with Crippen LogP contribution < -0.4 is 0 Å². The van der Waals surface area contributed by atoms with Crippen molar-refractivity contribution in [1.29, 1.82) is 5.26 Å². The molecular weight excluding hydrogens is 144 g/mol. The molecule has 0 atom stereocenters. The Labute approximate surface area is 66.3 Å². The molecule has 0 bridgehead atoms. The molecule has 0 amide bonds. The van der Waals surface area contributed by atoms with E-state index in [9.17, 15) is 0 Å². The van der Waals surface area contributed by atoms with Crippen LogP contribution in [0.1, 0.15) is 27.7 Å². The minimum atomic E-state index is 0.157. The quantitative estimate of drug-likeness (QED) is 0.307. The van der Waals surface area contributed by atoms with Gasteiger partial charge in [-0.1, -0.05) is 20.8 Å². The molecule has 0 fully saturated rings. The Bertz CT molecular complexity index is 171. The van der Waals surface area contributed by atoms with E-state index in [0.717, 1.165) is 5.04 Å². The normalized spacial score (nSPS) is 12.9. The van der Waals surface area contributed by atoms with Crippen LogP contribution in [0, 0.1) is 11.5 Å². The zero-order chi connectivity index (χ0) is 8.20. The van der Waals surface area contributed by atoms with Crippen LogP contribution in [0.15, 0.2) is 4.99 Å². The first-order valence-corrected chi connectivity index (χ1v) is 3.90. The van der Waals surface area contributed by atoms with Crippen LogP contribution in [0.25, 0.3) is 0 Å². The first kappa shape index (κ1) is 9.51. The van der Waals surface area contributed by atoms with Crippen LogP contribution >= 0.6 is 11.8 Å². The Morgan fingerprint density at radius 2 is 2.00 bits per heavy atom. The van der Waals surface area contributed by atoms with Crippen molar-refractivity contribution in [2.24, 2.45) is 4.99 Å². The average molecular weight is 156 g/mol. The lowest BCUT2D eigenvalue weighted by atomic mass is 10.3. The van der Waals surface area contributed by atoms with E-state index >= 15 is 0 Å². The van der Waals surface area contributed by atoms with Gasteiger partial charge in [-0.25, -0.2) is 0 Å². The molecule has 0 spiro atoms. The second-order valence-electron chi connectivity index (χ2n) is 2.95. The summed E-state index contributed by atoms with van der Waals surface area (Å²) in [5, 5.41) is 9.01. The predicted molar refractivity (Wildman–Crippen MR) is 46.1 cm³/mol. The van der Waals surface area contributed by atoms with E-state index in [1.165, 1.54) is 0 Å². The fourth-order valence-corrected chi connectivity index (χ4v) is 1.51. The summed E-state index contributed by atoms with van der Waals surface area (Å²) in [5.74, 6) is 0. The molecule has 10 heavy (non-hydrogen) atoms. The van der Waals surface area contributed by atoms with Crippen LogP contribution in [-0.4, -0.2) is 9.79 Å². The molecule has 2 nitrogen and oxygen atoms in total. The molecule has 0 aromatic carbocycles. The number of rotatable bonds is 0. The summed E-state index contributed by atoms with van der Waals surface area (Å²) in [6, 6.07) is 0. The molecule has 0 saturated carbocycles. The van der Waals surface area contributed by atoms with Gasteiger partial charge < -0.3 is 0 Å². The van der Waals surface area contributed by atoms with Gasteiger partial charge in [-0.2, -0.15) is 10.3 Å². The van der Waals surface area contributed by atoms with E-state index in [1.807, 2.05) is 6.92 Å². The number of hydrogen-bond acceptors (Lipinski definition) is 3. The van der Waals surface area contributed by atoms with Crippen LogP contribution in [0.2, 0.25) is 0 Å². The Morgan fingerprint density at radius 3 is 2.30 bits per heavy atom. The molecule has 0 aliphatic heterocycles. The number of nitrogens with zero attached hydrogens (tertiary/aromatic N) is 2. The van der Waals surface area contributed by atoms with E-state index in [4.69, 9.17) is 5.26 Å². The third-order valence-electron chi connectivity index (χ3n) is 0.661. The zero-order valence-corrected chi connectivity index (χ0v) is 7.62. The third kappa shape index (κ3) is 5.64. The molecule has 0 saturated heterocycles. The van der Waals surface area contributed by atoms with Gasteiger partial charge in [0.1, 0.15) is 0 Å². The van der Waals surface area contributed by atoms with Gasteiger partial charge in [0.05, 0.1) is 5.04 Å². The molecule has 0 aromatic heterocycles. The summed E-state index contributed by atoms with van der Waals surface area (Å²) in [6.07, 6.45) is 1.76. The van der Waals surface area contributed by atoms with Crippen LogP contribution in [0.5, 0.6) is 0 Å². The minimum absolute atomic E-state index is 0.157. The van der Waals surface area contributed by atoms with E-state index < -0.39 is 0 Å². The lowest BCUT2D eigenvalue weighted by Crippen LogP contribution is -2.09. The maximum absolute atomic E-state index is 8.18. The fraction of sp³-hybridized carbons (Fsp3) is 0.714. The number of nitriles is 1. The van der Waals surface area contributed by atoms with Crippen molar-refractivity contribution in [2.45, 2.75) is 32.4 Å². The molecule has 0 heterocycles. The highest BCUT2D eigenvalue weighted by atomic mass is 32.2. The summed E-state index contributed by atoms with van der Waals surface area (Å²) < 4.78 is 0.157. The van der Waals surface area contributed by atoms with Crippen LogP contribution in [-0.2, 0) is 0 Å². The second-order valence-corrected chi connectivity index (χ2v) is 4.96. The standard InChI is InChI=1S/C7H12N2S/c1-6(9-5-8)10-7(2,3)4/h1-4H3. The lowest BCUT2D eigenvalue weighted by molar-refractivity contribution is 0.809. The molecule has 0 unspecified atom stereocenters.